The van der Waals surface area contributed by atoms with E-state index in [0.29, 0.717) is 23.5 Å². The van der Waals surface area contributed by atoms with Crippen molar-refractivity contribution in [3.63, 3.8) is 0 Å². The third kappa shape index (κ3) is 4.22. The van der Waals surface area contributed by atoms with E-state index in [1.165, 1.54) is 6.07 Å². The van der Waals surface area contributed by atoms with Gasteiger partial charge in [-0.1, -0.05) is 68.4 Å². The zero-order valence-corrected chi connectivity index (χ0v) is 21.8. The number of carbonyl (C=O) groups excluding carboxylic acids is 1. The number of carbonyl (C=O) groups is 1. The fourth-order valence-electron chi connectivity index (χ4n) is 5.84. The highest BCUT2D eigenvalue weighted by atomic mass is 19.1. The molecule has 0 saturated carbocycles. The van der Waals surface area contributed by atoms with Crippen molar-refractivity contribution in [1.82, 2.24) is 0 Å². The minimum atomic E-state index is -0.309. The van der Waals surface area contributed by atoms with Gasteiger partial charge in [-0.2, -0.15) is 0 Å². The highest BCUT2D eigenvalue weighted by Gasteiger charge is 2.41. The van der Waals surface area contributed by atoms with Gasteiger partial charge in [-0.05, 0) is 58.0 Å². The van der Waals surface area contributed by atoms with Crippen molar-refractivity contribution in [2.75, 3.05) is 12.4 Å². The van der Waals surface area contributed by atoms with Crippen LogP contribution in [0.3, 0.4) is 0 Å². The van der Waals surface area contributed by atoms with Gasteiger partial charge in [-0.15, -0.1) is 0 Å². The largest absolute Gasteiger partial charge is 0.493 e. The molecule has 1 aliphatic heterocycles. The second-order valence-corrected chi connectivity index (χ2v) is 10.9. The lowest BCUT2D eigenvalue weighted by molar-refractivity contribution is -0.118. The molecule has 0 fully saturated rings. The molecule has 38 heavy (non-hydrogen) atoms. The van der Waals surface area contributed by atoms with Crippen molar-refractivity contribution in [2.24, 2.45) is 5.41 Å². The summed E-state index contributed by atoms with van der Waals surface area (Å²) in [6, 6.07) is 24.5. The maximum absolute atomic E-state index is 14.1. The van der Waals surface area contributed by atoms with Crippen LogP contribution in [0, 0.1) is 11.2 Å². The van der Waals surface area contributed by atoms with Gasteiger partial charge >= 0.3 is 0 Å². The van der Waals surface area contributed by atoms with Gasteiger partial charge in [0, 0.05) is 28.8 Å². The van der Waals surface area contributed by atoms with E-state index in [2.05, 4.69) is 49.5 Å². The highest BCUT2D eigenvalue weighted by Crippen LogP contribution is 2.52. The van der Waals surface area contributed by atoms with Crippen LogP contribution in [0.15, 0.2) is 84.4 Å². The third-order valence-corrected chi connectivity index (χ3v) is 7.60. The molecule has 6 rings (SSSR count). The van der Waals surface area contributed by atoms with Gasteiger partial charge in [0.05, 0.1) is 13.2 Å². The minimum Gasteiger partial charge on any atom is -0.493 e. The van der Waals surface area contributed by atoms with E-state index >= 15 is 0 Å². The first-order valence-corrected chi connectivity index (χ1v) is 12.9. The minimum absolute atomic E-state index is 0.0907. The molecule has 0 amide bonds. The summed E-state index contributed by atoms with van der Waals surface area (Å²) in [5.74, 6) is 0.924. The molecular weight excluding hydrogens is 477 g/mol. The predicted octanol–water partition coefficient (Wildman–Crippen LogP) is 7.88. The number of hydrogen-bond donors (Lipinski definition) is 1. The highest BCUT2D eigenvalue weighted by molar-refractivity contribution is 6.12. The molecule has 2 aliphatic rings. The van der Waals surface area contributed by atoms with E-state index in [9.17, 15) is 9.18 Å². The fourth-order valence-corrected chi connectivity index (χ4v) is 5.84. The summed E-state index contributed by atoms with van der Waals surface area (Å²) in [6.07, 6.45) is 1.33. The summed E-state index contributed by atoms with van der Waals surface area (Å²) in [4.78, 5) is 13.7. The Hall–Kier alpha value is -4.12. The van der Waals surface area contributed by atoms with Crippen molar-refractivity contribution in [1.29, 1.82) is 0 Å². The van der Waals surface area contributed by atoms with Gasteiger partial charge in [0.15, 0.2) is 17.3 Å². The Balaban J connectivity index is 1.42. The summed E-state index contributed by atoms with van der Waals surface area (Å²) in [5, 5.41) is 5.99. The molecule has 0 bridgehead atoms. The molecule has 0 aromatic heterocycles. The predicted molar refractivity (Wildman–Crippen MR) is 149 cm³/mol. The van der Waals surface area contributed by atoms with Gasteiger partial charge < -0.3 is 14.8 Å². The summed E-state index contributed by atoms with van der Waals surface area (Å²) in [7, 11) is 1.59. The number of allylic oxidation sites excluding steroid dienone is 1. The van der Waals surface area contributed by atoms with Crippen molar-refractivity contribution in [2.45, 2.75) is 39.3 Å². The molecule has 1 heterocycles. The Morgan fingerprint density at radius 2 is 1.74 bits per heavy atom. The molecule has 0 spiro atoms. The van der Waals surface area contributed by atoms with E-state index < -0.39 is 0 Å². The van der Waals surface area contributed by atoms with Gasteiger partial charge in [-0.3, -0.25) is 4.79 Å². The van der Waals surface area contributed by atoms with E-state index in [-0.39, 0.29) is 29.7 Å². The molecule has 5 heteroatoms. The van der Waals surface area contributed by atoms with Crippen LogP contribution in [0.4, 0.5) is 10.1 Å². The summed E-state index contributed by atoms with van der Waals surface area (Å²) < 4.78 is 25.7. The standard InChI is InChI=1S/C33H30FNO3/c1-33(2)17-24-30-23-10-6-4-8-20(23)12-14-26(30)35-32(31(24)27(36)18-33)21-13-15-28(29(16-21)37-3)38-19-22-9-5-7-11-25(22)34/h4-16,32,35H,17-19H2,1-3H3/t32-/m0/s1. The molecule has 0 radical (unpaired) electrons. The van der Waals surface area contributed by atoms with Crippen LogP contribution >= 0.6 is 0 Å². The first-order valence-electron chi connectivity index (χ1n) is 12.9. The average Bonchev–Trinajstić information content (AvgIpc) is 2.91. The van der Waals surface area contributed by atoms with Crippen LogP contribution in [0.5, 0.6) is 11.5 Å². The molecular formula is C33H30FNO3. The van der Waals surface area contributed by atoms with Crippen molar-refractivity contribution in [3.8, 4) is 11.5 Å². The van der Waals surface area contributed by atoms with Gasteiger partial charge in [0.25, 0.3) is 0 Å². The van der Waals surface area contributed by atoms with Crippen molar-refractivity contribution < 1.29 is 18.7 Å². The molecule has 1 aliphatic carbocycles. The molecule has 4 nitrogen and oxygen atoms in total. The van der Waals surface area contributed by atoms with Crippen LogP contribution in [0.25, 0.3) is 16.3 Å². The lowest BCUT2D eigenvalue weighted by atomic mass is 9.68. The van der Waals surface area contributed by atoms with Crippen molar-refractivity contribution in [3.05, 3.63) is 107 Å². The zero-order chi connectivity index (χ0) is 26.4. The zero-order valence-electron chi connectivity index (χ0n) is 21.8. The van der Waals surface area contributed by atoms with Gasteiger partial charge in [0.1, 0.15) is 12.4 Å². The second-order valence-electron chi connectivity index (χ2n) is 10.9. The van der Waals surface area contributed by atoms with Gasteiger partial charge in [-0.25, -0.2) is 4.39 Å². The number of nitrogens with one attached hydrogen (secondary N) is 1. The Morgan fingerprint density at radius 3 is 2.55 bits per heavy atom. The number of anilines is 1. The average molecular weight is 508 g/mol. The maximum Gasteiger partial charge on any atom is 0.162 e. The fraction of sp³-hybridized carbons (Fsp3) is 0.242. The van der Waals surface area contributed by atoms with Gasteiger partial charge in [0.2, 0.25) is 0 Å². The number of ketones is 1. The first kappa shape index (κ1) is 24.2. The van der Waals surface area contributed by atoms with E-state index in [0.717, 1.165) is 45.2 Å². The molecule has 4 aromatic rings. The Kier molecular flexibility index (Phi) is 5.94. The lowest BCUT2D eigenvalue weighted by Gasteiger charge is -2.40. The number of fused-ring (bicyclic) bond motifs is 4. The van der Waals surface area contributed by atoms with Crippen LogP contribution in [0.2, 0.25) is 0 Å². The number of Topliss-reactive ketones (excluding diaryl/α,β-unsaturated/α-hetero) is 1. The normalized spacial score (nSPS) is 18.0. The number of halogens is 1. The van der Waals surface area contributed by atoms with Crippen LogP contribution in [-0.2, 0) is 11.4 Å². The van der Waals surface area contributed by atoms with Crippen LogP contribution in [-0.4, -0.2) is 12.9 Å². The van der Waals surface area contributed by atoms with Crippen molar-refractivity contribution >= 4 is 27.8 Å². The monoisotopic (exact) mass is 507 g/mol. The molecule has 0 unspecified atom stereocenters. The quantitative estimate of drug-likeness (QED) is 0.299. The number of hydrogen-bond acceptors (Lipinski definition) is 4. The van der Waals surface area contributed by atoms with E-state index in [1.54, 1.807) is 25.3 Å². The number of rotatable bonds is 5. The molecule has 192 valence electrons. The van der Waals surface area contributed by atoms with E-state index in [4.69, 9.17) is 9.47 Å². The third-order valence-electron chi connectivity index (χ3n) is 7.60. The number of methoxy groups -OCH3 is 1. The smallest absolute Gasteiger partial charge is 0.162 e. The summed E-state index contributed by atoms with van der Waals surface area (Å²) in [6.45, 7) is 4.43. The Morgan fingerprint density at radius 1 is 0.947 bits per heavy atom. The topological polar surface area (TPSA) is 47.6 Å². The Bertz CT molecular complexity index is 1600. The van der Waals surface area contributed by atoms with Crippen LogP contribution in [0.1, 0.15) is 49.4 Å². The number of ether oxygens (including phenoxy) is 2. The Labute approximate surface area is 222 Å². The summed E-state index contributed by atoms with van der Waals surface area (Å²) in [5.41, 5.74) is 5.38. The first-order chi connectivity index (χ1) is 18.3. The molecule has 4 aromatic carbocycles. The molecule has 1 N–H and O–H groups in total. The molecule has 1 atom stereocenters. The maximum atomic E-state index is 14.1. The molecule has 0 saturated heterocycles. The van der Waals surface area contributed by atoms with E-state index in [1.807, 2.05) is 24.3 Å². The van der Waals surface area contributed by atoms with Crippen LogP contribution < -0.4 is 14.8 Å². The lowest BCUT2D eigenvalue weighted by Crippen LogP contribution is -2.33. The summed E-state index contributed by atoms with van der Waals surface area (Å²) >= 11 is 0. The SMILES string of the molecule is COc1cc([C@@H]2Nc3ccc4ccccc4c3C3=C2C(=O)CC(C)(C)C3)ccc1OCc1ccccc1F. The second kappa shape index (κ2) is 9.32. The number of benzene rings is 4.